The largest absolute Gasteiger partial charge is 0.309 e. The van der Waals surface area contributed by atoms with Crippen LogP contribution >= 0.6 is 0 Å². The van der Waals surface area contributed by atoms with Gasteiger partial charge in [-0.15, -0.1) is 0 Å². The Morgan fingerprint density at radius 1 is 0.463 bits per heavy atom. The molecule has 1 aliphatic carbocycles. The molecule has 0 bridgehead atoms. The van der Waals surface area contributed by atoms with E-state index in [1.807, 2.05) is 0 Å². The molecular formula is C39H26N2. The monoisotopic (exact) mass is 522 g/mol. The van der Waals surface area contributed by atoms with E-state index in [1.54, 1.807) is 0 Å². The molecule has 0 aliphatic heterocycles. The first kappa shape index (κ1) is 21.7. The molecule has 6 aromatic carbocycles. The minimum atomic E-state index is -0.0561. The molecule has 0 saturated carbocycles. The van der Waals surface area contributed by atoms with E-state index in [-0.39, 0.29) is 5.41 Å². The van der Waals surface area contributed by atoms with Crippen molar-refractivity contribution in [2.75, 3.05) is 0 Å². The fourth-order valence-corrected chi connectivity index (χ4v) is 8.04. The molecule has 192 valence electrons. The van der Waals surface area contributed by atoms with Crippen LogP contribution in [0.5, 0.6) is 0 Å². The number of hydrogen-bond acceptors (Lipinski definition) is 0. The Bertz CT molecular complexity index is 2540. The van der Waals surface area contributed by atoms with E-state index in [2.05, 4.69) is 144 Å². The molecule has 9 aromatic rings. The van der Waals surface area contributed by atoms with Crippen molar-refractivity contribution < 1.29 is 0 Å². The van der Waals surface area contributed by atoms with Gasteiger partial charge in [0.05, 0.1) is 27.6 Å². The van der Waals surface area contributed by atoms with Crippen molar-refractivity contribution in [1.29, 1.82) is 0 Å². The van der Waals surface area contributed by atoms with Gasteiger partial charge in [-0.25, -0.2) is 0 Å². The van der Waals surface area contributed by atoms with Gasteiger partial charge in [-0.3, -0.25) is 0 Å². The van der Waals surface area contributed by atoms with E-state index in [9.17, 15) is 0 Å². The third-order valence-electron chi connectivity index (χ3n) is 9.81. The van der Waals surface area contributed by atoms with E-state index in [0.29, 0.717) is 0 Å². The first-order valence-electron chi connectivity index (χ1n) is 14.5. The molecule has 0 spiro atoms. The van der Waals surface area contributed by atoms with Gasteiger partial charge in [0.15, 0.2) is 0 Å². The molecule has 0 saturated heterocycles. The Hall–Kier alpha value is -5.08. The number of aromatic nitrogens is 2. The molecule has 0 radical (unpaired) electrons. The molecule has 41 heavy (non-hydrogen) atoms. The Kier molecular flexibility index (Phi) is 3.79. The Morgan fingerprint density at radius 2 is 1.12 bits per heavy atom. The summed E-state index contributed by atoms with van der Waals surface area (Å²) in [6.07, 6.45) is 0. The zero-order chi connectivity index (χ0) is 27.0. The molecule has 0 N–H and O–H groups in total. The summed E-state index contributed by atoms with van der Waals surface area (Å²) in [5.41, 5.74) is 13.1. The summed E-state index contributed by atoms with van der Waals surface area (Å²) in [5.74, 6) is 0. The van der Waals surface area contributed by atoms with Gasteiger partial charge in [-0.1, -0.05) is 92.7 Å². The van der Waals surface area contributed by atoms with E-state index < -0.39 is 0 Å². The van der Waals surface area contributed by atoms with Crippen LogP contribution in [0.1, 0.15) is 25.0 Å². The molecule has 0 unspecified atom stereocenters. The molecule has 2 nitrogen and oxygen atoms in total. The van der Waals surface area contributed by atoms with Crippen molar-refractivity contribution in [2.45, 2.75) is 19.3 Å². The van der Waals surface area contributed by atoms with E-state index in [4.69, 9.17) is 0 Å². The van der Waals surface area contributed by atoms with Crippen LogP contribution in [0, 0.1) is 0 Å². The summed E-state index contributed by atoms with van der Waals surface area (Å²) in [7, 11) is 0. The molecule has 2 heteroatoms. The van der Waals surface area contributed by atoms with Crippen LogP contribution in [0.2, 0.25) is 0 Å². The second-order valence-corrected chi connectivity index (χ2v) is 12.2. The fourth-order valence-electron chi connectivity index (χ4n) is 8.04. The van der Waals surface area contributed by atoms with Gasteiger partial charge in [0, 0.05) is 43.4 Å². The topological polar surface area (TPSA) is 9.34 Å². The summed E-state index contributed by atoms with van der Waals surface area (Å²) in [5, 5.41) is 7.93. The van der Waals surface area contributed by atoms with Crippen molar-refractivity contribution in [3.8, 4) is 16.8 Å². The number of rotatable bonds is 1. The second-order valence-electron chi connectivity index (χ2n) is 12.2. The van der Waals surface area contributed by atoms with Gasteiger partial charge < -0.3 is 8.97 Å². The highest BCUT2D eigenvalue weighted by Gasteiger charge is 2.36. The highest BCUT2D eigenvalue weighted by molar-refractivity contribution is 6.34. The Labute approximate surface area is 237 Å². The lowest BCUT2D eigenvalue weighted by Gasteiger charge is -2.21. The lowest BCUT2D eigenvalue weighted by molar-refractivity contribution is 0.661. The summed E-state index contributed by atoms with van der Waals surface area (Å²) < 4.78 is 5.03. The number of hydrogen-bond donors (Lipinski definition) is 0. The number of para-hydroxylation sites is 3. The van der Waals surface area contributed by atoms with Crippen LogP contribution in [0.3, 0.4) is 0 Å². The number of fused-ring (bicyclic) bond motifs is 13. The van der Waals surface area contributed by atoms with Crippen LogP contribution in [0.15, 0.2) is 121 Å². The van der Waals surface area contributed by atoms with Crippen molar-refractivity contribution >= 4 is 59.9 Å². The van der Waals surface area contributed by atoms with Gasteiger partial charge in [-0.05, 0) is 64.7 Å². The molecule has 10 rings (SSSR count). The molecule has 3 heterocycles. The normalized spacial score (nSPS) is 14.3. The molecule has 1 aliphatic rings. The molecule has 3 aromatic heterocycles. The predicted molar refractivity (Wildman–Crippen MR) is 173 cm³/mol. The summed E-state index contributed by atoms with van der Waals surface area (Å²) in [6.45, 7) is 4.76. The SMILES string of the molecule is CC1(C)c2ccccc2-c2cc3c(cc21)c1c2c(cc4c5ccccc5n3c41)c1ccccc1n2-c1ccccc1. The van der Waals surface area contributed by atoms with Crippen molar-refractivity contribution in [2.24, 2.45) is 0 Å². The van der Waals surface area contributed by atoms with E-state index >= 15 is 0 Å². The van der Waals surface area contributed by atoms with Crippen molar-refractivity contribution in [3.05, 3.63) is 132 Å². The molecule has 0 amide bonds. The van der Waals surface area contributed by atoms with Crippen molar-refractivity contribution in [1.82, 2.24) is 8.97 Å². The minimum absolute atomic E-state index is 0.0561. The maximum atomic E-state index is 2.54. The van der Waals surface area contributed by atoms with Crippen LogP contribution in [-0.4, -0.2) is 8.97 Å². The minimum Gasteiger partial charge on any atom is -0.309 e. The Balaban J connectivity index is 1.52. The lowest BCUT2D eigenvalue weighted by atomic mass is 9.82. The van der Waals surface area contributed by atoms with Crippen LogP contribution in [0.25, 0.3) is 76.7 Å². The third-order valence-corrected chi connectivity index (χ3v) is 9.81. The maximum absolute atomic E-state index is 2.54. The molecular weight excluding hydrogens is 496 g/mol. The van der Waals surface area contributed by atoms with Crippen LogP contribution < -0.4 is 0 Å². The van der Waals surface area contributed by atoms with E-state index in [1.165, 1.54) is 87.8 Å². The first-order valence-corrected chi connectivity index (χ1v) is 14.5. The van der Waals surface area contributed by atoms with Gasteiger partial charge in [-0.2, -0.15) is 0 Å². The average Bonchev–Trinajstić information content (AvgIpc) is 3.70. The highest BCUT2D eigenvalue weighted by Crippen LogP contribution is 2.53. The van der Waals surface area contributed by atoms with E-state index in [0.717, 1.165) is 0 Å². The highest BCUT2D eigenvalue weighted by atomic mass is 15.0. The average molecular weight is 523 g/mol. The molecule has 0 atom stereocenters. The van der Waals surface area contributed by atoms with Crippen molar-refractivity contribution in [3.63, 3.8) is 0 Å². The summed E-state index contributed by atoms with van der Waals surface area (Å²) in [4.78, 5) is 0. The van der Waals surface area contributed by atoms with Crippen LogP contribution in [0.4, 0.5) is 0 Å². The smallest absolute Gasteiger partial charge is 0.0642 e. The quantitative estimate of drug-likeness (QED) is 0.203. The van der Waals surface area contributed by atoms with Crippen LogP contribution in [-0.2, 0) is 5.41 Å². The Morgan fingerprint density at radius 3 is 1.95 bits per heavy atom. The van der Waals surface area contributed by atoms with Gasteiger partial charge in [0.2, 0.25) is 0 Å². The summed E-state index contributed by atoms with van der Waals surface area (Å²) in [6, 6.07) is 45.1. The number of nitrogens with zero attached hydrogens (tertiary/aromatic N) is 2. The number of benzene rings is 6. The zero-order valence-corrected chi connectivity index (χ0v) is 22.9. The molecule has 0 fully saturated rings. The third kappa shape index (κ3) is 2.46. The zero-order valence-electron chi connectivity index (χ0n) is 22.9. The van der Waals surface area contributed by atoms with Gasteiger partial charge in [0.25, 0.3) is 0 Å². The standard InChI is InChI=1S/C39H26N2/c1-39(2)31-17-9-6-14-24(31)27-22-35-30(21-32(27)39)36-37-28(20-29-26-16-8-11-19-34(26)41(35)38(29)36)25-15-7-10-18-33(25)40(37)23-12-4-3-5-13-23/h3-22H,1-2H3. The first-order chi connectivity index (χ1) is 20.1. The second kappa shape index (κ2) is 7.16. The van der Waals surface area contributed by atoms with Gasteiger partial charge in [0.1, 0.15) is 0 Å². The fraction of sp³-hybridized carbons (Fsp3) is 0.0769. The lowest BCUT2D eigenvalue weighted by Crippen LogP contribution is -2.14. The summed E-state index contributed by atoms with van der Waals surface area (Å²) >= 11 is 0. The van der Waals surface area contributed by atoms with Gasteiger partial charge >= 0.3 is 0 Å². The maximum Gasteiger partial charge on any atom is 0.0642 e. The predicted octanol–water partition coefficient (Wildman–Crippen LogP) is 10.2.